The molecule has 1 atom stereocenters. The minimum atomic E-state index is 0.253. The smallest absolute Gasteiger partial charge is 0.0578 e. The molecule has 2 N–H and O–H groups in total. The van der Waals surface area contributed by atoms with Crippen LogP contribution in [0.15, 0.2) is 36.4 Å². The monoisotopic (exact) mass is 275 g/mol. The molecule has 0 spiro atoms. The number of aliphatic hydroxyl groups is 1. The molecule has 0 aliphatic heterocycles. The number of aliphatic hydroxyl groups excluding tert-OH is 1. The second-order valence-corrected chi connectivity index (χ2v) is 6.16. The van der Waals surface area contributed by atoms with Crippen molar-refractivity contribution in [3.05, 3.63) is 51.7 Å². The minimum absolute atomic E-state index is 0.253. The summed E-state index contributed by atoms with van der Waals surface area (Å²) in [6.07, 6.45) is 1.75. The van der Waals surface area contributed by atoms with Crippen molar-refractivity contribution in [3.8, 4) is 0 Å². The number of thiophene rings is 1. The zero-order valence-corrected chi connectivity index (χ0v) is 12.3. The van der Waals surface area contributed by atoms with Crippen LogP contribution in [-0.4, -0.2) is 11.7 Å². The molecule has 0 fully saturated rings. The SMILES string of the molecule is Cc1ccc(C(C)Nc2cccc(CCCO)c2)s1. The number of rotatable bonds is 6. The van der Waals surface area contributed by atoms with Gasteiger partial charge in [-0.15, -0.1) is 11.3 Å². The first-order chi connectivity index (χ1) is 9.19. The number of benzene rings is 1. The first kappa shape index (κ1) is 14.1. The van der Waals surface area contributed by atoms with Crippen molar-refractivity contribution in [3.63, 3.8) is 0 Å². The van der Waals surface area contributed by atoms with Gasteiger partial charge < -0.3 is 10.4 Å². The molecule has 2 rings (SSSR count). The lowest BCUT2D eigenvalue weighted by atomic mass is 10.1. The summed E-state index contributed by atoms with van der Waals surface area (Å²) in [4.78, 5) is 2.71. The third-order valence-corrected chi connectivity index (χ3v) is 4.31. The molecule has 1 aromatic heterocycles. The van der Waals surface area contributed by atoms with Gasteiger partial charge in [-0.05, 0) is 56.5 Å². The molecule has 0 aliphatic carbocycles. The average Bonchev–Trinajstić information content (AvgIpc) is 2.83. The molecule has 3 heteroatoms. The largest absolute Gasteiger partial charge is 0.396 e. The summed E-state index contributed by atoms with van der Waals surface area (Å²) in [6, 6.07) is 13.1. The van der Waals surface area contributed by atoms with Crippen LogP contribution in [0.5, 0.6) is 0 Å². The van der Waals surface area contributed by atoms with Crippen molar-refractivity contribution < 1.29 is 5.11 Å². The molecule has 102 valence electrons. The second kappa shape index (κ2) is 6.73. The molecule has 0 radical (unpaired) electrons. The highest BCUT2D eigenvalue weighted by Gasteiger charge is 2.07. The topological polar surface area (TPSA) is 32.3 Å². The van der Waals surface area contributed by atoms with Gasteiger partial charge in [-0.25, -0.2) is 0 Å². The summed E-state index contributed by atoms with van der Waals surface area (Å²) in [6.45, 7) is 4.57. The van der Waals surface area contributed by atoms with Crippen LogP contribution in [0, 0.1) is 6.92 Å². The summed E-state index contributed by atoms with van der Waals surface area (Å²) in [5.41, 5.74) is 2.42. The first-order valence-electron chi connectivity index (χ1n) is 6.71. The van der Waals surface area contributed by atoms with E-state index in [2.05, 4.69) is 55.6 Å². The molecule has 0 bridgehead atoms. The molecule has 0 aliphatic rings. The molecule has 1 unspecified atom stereocenters. The van der Waals surface area contributed by atoms with Gasteiger partial charge in [-0.2, -0.15) is 0 Å². The van der Waals surface area contributed by atoms with E-state index in [0.29, 0.717) is 6.04 Å². The quantitative estimate of drug-likeness (QED) is 0.830. The van der Waals surface area contributed by atoms with E-state index in [9.17, 15) is 0 Å². The highest BCUT2D eigenvalue weighted by atomic mass is 32.1. The molecule has 1 heterocycles. The summed E-state index contributed by atoms with van der Waals surface area (Å²) in [5.74, 6) is 0. The molecule has 2 nitrogen and oxygen atoms in total. The zero-order chi connectivity index (χ0) is 13.7. The maximum Gasteiger partial charge on any atom is 0.0578 e. The molecule has 0 amide bonds. The summed E-state index contributed by atoms with van der Waals surface area (Å²) in [5, 5.41) is 12.4. The van der Waals surface area contributed by atoms with E-state index in [-0.39, 0.29) is 6.61 Å². The molecule has 19 heavy (non-hydrogen) atoms. The van der Waals surface area contributed by atoms with Crippen LogP contribution in [0.3, 0.4) is 0 Å². The van der Waals surface area contributed by atoms with Crippen molar-refractivity contribution >= 4 is 17.0 Å². The van der Waals surface area contributed by atoms with Crippen LogP contribution in [0.25, 0.3) is 0 Å². The molecule has 0 saturated carbocycles. The fourth-order valence-corrected chi connectivity index (χ4v) is 2.99. The van der Waals surface area contributed by atoms with E-state index in [1.165, 1.54) is 15.3 Å². The maximum absolute atomic E-state index is 8.88. The Bertz CT molecular complexity index is 521. The lowest BCUT2D eigenvalue weighted by molar-refractivity contribution is 0.288. The van der Waals surface area contributed by atoms with Crippen molar-refractivity contribution in [1.82, 2.24) is 0 Å². The number of hydrogen-bond donors (Lipinski definition) is 2. The highest BCUT2D eigenvalue weighted by molar-refractivity contribution is 7.12. The predicted octanol–water partition coefficient (Wildman–Crippen LogP) is 4.15. The number of nitrogens with one attached hydrogen (secondary N) is 1. The van der Waals surface area contributed by atoms with E-state index in [4.69, 9.17) is 5.11 Å². The second-order valence-electron chi connectivity index (χ2n) is 4.84. The first-order valence-corrected chi connectivity index (χ1v) is 7.53. The Labute approximate surface area is 119 Å². The maximum atomic E-state index is 8.88. The van der Waals surface area contributed by atoms with Gasteiger partial charge in [0.05, 0.1) is 6.04 Å². The summed E-state index contributed by atoms with van der Waals surface area (Å²) >= 11 is 1.84. The molecular formula is C16H21NOS. The number of aryl methyl sites for hydroxylation is 2. The lowest BCUT2D eigenvalue weighted by Crippen LogP contribution is -2.05. The van der Waals surface area contributed by atoms with Crippen LogP contribution >= 0.6 is 11.3 Å². The molecular weight excluding hydrogens is 254 g/mol. The van der Waals surface area contributed by atoms with Crippen LogP contribution < -0.4 is 5.32 Å². The van der Waals surface area contributed by atoms with Crippen molar-refractivity contribution in [2.24, 2.45) is 0 Å². The van der Waals surface area contributed by atoms with E-state index in [1.807, 2.05) is 11.3 Å². The Balaban J connectivity index is 2.02. The third kappa shape index (κ3) is 4.08. The summed E-state index contributed by atoms with van der Waals surface area (Å²) in [7, 11) is 0. The Morgan fingerprint density at radius 2 is 2.11 bits per heavy atom. The van der Waals surface area contributed by atoms with Crippen molar-refractivity contribution in [2.75, 3.05) is 11.9 Å². The Hall–Kier alpha value is -1.32. The zero-order valence-electron chi connectivity index (χ0n) is 11.5. The lowest BCUT2D eigenvalue weighted by Gasteiger charge is -2.14. The van der Waals surface area contributed by atoms with Gasteiger partial charge in [-0.1, -0.05) is 12.1 Å². The van der Waals surface area contributed by atoms with Gasteiger partial charge in [-0.3, -0.25) is 0 Å². The fraction of sp³-hybridized carbons (Fsp3) is 0.375. The van der Waals surface area contributed by atoms with Crippen molar-refractivity contribution in [2.45, 2.75) is 32.7 Å². The van der Waals surface area contributed by atoms with E-state index in [0.717, 1.165) is 18.5 Å². The number of anilines is 1. The Morgan fingerprint density at radius 3 is 2.79 bits per heavy atom. The highest BCUT2D eigenvalue weighted by Crippen LogP contribution is 2.26. The van der Waals surface area contributed by atoms with Gasteiger partial charge >= 0.3 is 0 Å². The third-order valence-electron chi connectivity index (χ3n) is 3.12. The van der Waals surface area contributed by atoms with Crippen LogP contribution in [0.4, 0.5) is 5.69 Å². The molecule has 0 saturated heterocycles. The normalized spacial score (nSPS) is 12.4. The average molecular weight is 275 g/mol. The van der Waals surface area contributed by atoms with Gasteiger partial charge in [0, 0.05) is 22.0 Å². The van der Waals surface area contributed by atoms with Crippen LogP contribution in [0.1, 0.15) is 34.7 Å². The van der Waals surface area contributed by atoms with E-state index in [1.54, 1.807) is 0 Å². The van der Waals surface area contributed by atoms with Gasteiger partial charge in [0.1, 0.15) is 0 Å². The van der Waals surface area contributed by atoms with E-state index < -0.39 is 0 Å². The fourth-order valence-electron chi connectivity index (χ4n) is 2.11. The van der Waals surface area contributed by atoms with Gasteiger partial charge in [0.2, 0.25) is 0 Å². The van der Waals surface area contributed by atoms with Crippen molar-refractivity contribution in [1.29, 1.82) is 0 Å². The standard InChI is InChI=1S/C16H21NOS/c1-12-8-9-16(19-12)13(2)17-15-7-3-5-14(11-15)6-4-10-18/h3,5,7-9,11,13,17-18H,4,6,10H2,1-2H3. The molecule has 2 aromatic rings. The summed E-state index contributed by atoms with van der Waals surface area (Å²) < 4.78 is 0. The Morgan fingerprint density at radius 1 is 1.26 bits per heavy atom. The van der Waals surface area contributed by atoms with Crippen LogP contribution in [0.2, 0.25) is 0 Å². The Kier molecular flexibility index (Phi) is 5.00. The number of hydrogen-bond acceptors (Lipinski definition) is 3. The molecule has 1 aromatic carbocycles. The van der Waals surface area contributed by atoms with Gasteiger partial charge in [0.15, 0.2) is 0 Å². The van der Waals surface area contributed by atoms with E-state index >= 15 is 0 Å². The van der Waals surface area contributed by atoms with Gasteiger partial charge in [0.25, 0.3) is 0 Å². The predicted molar refractivity (Wildman–Crippen MR) is 82.9 cm³/mol. The minimum Gasteiger partial charge on any atom is -0.396 e. The van der Waals surface area contributed by atoms with Crippen LogP contribution in [-0.2, 0) is 6.42 Å².